The summed E-state index contributed by atoms with van der Waals surface area (Å²) in [6.07, 6.45) is 1.31. The van der Waals surface area contributed by atoms with Crippen LogP contribution in [-0.2, 0) is 11.1 Å². The van der Waals surface area contributed by atoms with E-state index in [9.17, 15) is 13.2 Å². The summed E-state index contributed by atoms with van der Waals surface area (Å²) in [7, 11) is 0. The Balaban J connectivity index is 2.19. The van der Waals surface area contributed by atoms with Crippen molar-refractivity contribution in [2.75, 3.05) is 0 Å². The van der Waals surface area contributed by atoms with Crippen molar-refractivity contribution in [3.05, 3.63) is 59.4 Å². The maximum Gasteiger partial charge on any atom is 0.200 e. The summed E-state index contributed by atoms with van der Waals surface area (Å²) in [6.45, 7) is 3.96. The Morgan fingerprint density at radius 3 is 2.42 bits per heavy atom. The highest BCUT2D eigenvalue weighted by molar-refractivity contribution is 7.79. The topological polar surface area (TPSA) is 58.9 Å². The first-order chi connectivity index (χ1) is 11.5. The molecular formula is C18H18FNO3S. The molecule has 0 saturated carbocycles. The smallest absolute Gasteiger partial charge is 0.200 e. The molecule has 2 aromatic rings. The molecule has 0 radical (unpaired) electrons. The number of ether oxygens (including phenoxy) is 1. The lowest BCUT2D eigenvalue weighted by Gasteiger charge is -2.35. The quantitative estimate of drug-likeness (QED) is 0.845. The van der Waals surface area contributed by atoms with E-state index in [1.807, 2.05) is 13.8 Å². The lowest BCUT2D eigenvalue weighted by atomic mass is 9.97. The molecule has 0 saturated heterocycles. The van der Waals surface area contributed by atoms with Crippen LogP contribution in [0.1, 0.15) is 37.8 Å². The summed E-state index contributed by atoms with van der Waals surface area (Å²) >= 11 is -2.08. The molecule has 1 unspecified atom stereocenters. The van der Waals surface area contributed by atoms with E-state index in [1.54, 1.807) is 30.3 Å². The molecule has 1 aliphatic rings. The third kappa shape index (κ3) is 2.99. The van der Waals surface area contributed by atoms with E-state index < -0.39 is 16.8 Å². The Bertz CT molecular complexity index is 814. The van der Waals surface area contributed by atoms with Crippen LogP contribution in [0, 0.1) is 5.82 Å². The SMILES string of the molecule is CCC1(CC)N=C(c2ccc(F)cc2)c2ccc(S(=O)O)cc2O1. The number of benzene rings is 2. The van der Waals surface area contributed by atoms with Gasteiger partial charge in [-0.1, -0.05) is 13.8 Å². The van der Waals surface area contributed by atoms with Crippen molar-refractivity contribution in [2.45, 2.75) is 37.3 Å². The Labute approximate surface area is 142 Å². The molecule has 6 heteroatoms. The average molecular weight is 347 g/mol. The summed E-state index contributed by atoms with van der Waals surface area (Å²) in [5, 5.41) is 0. The van der Waals surface area contributed by atoms with Gasteiger partial charge < -0.3 is 9.29 Å². The fraction of sp³-hybridized carbons (Fsp3) is 0.278. The molecule has 0 spiro atoms. The summed E-state index contributed by atoms with van der Waals surface area (Å²) < 4.78 is 40.0. The van der Waals surface area contributed by atoms with E-state index in [0.29, 0.717) is 24.3 Å². The van der Waals surface area contributed by atoms with Crippen LogP contribution in [0.4, 0.5) is 4.39 Å². The minimum atomic E-state index is -2.08. The van der Waals surface area contributed by atoms with Gasteiger partial charge in [0.05, 0.1) is 10.6 Å². The first kappa shape index (κ1) is 16.8. The van der Waals surface area contributed by atoms with E-state index >= 15 is 0 Å². The van der Waals surface area contributed by atoms with Crippen LogP contribution >= 0.6 is 0 Å². The van der Waals surface area contributed by atoms with Crippen LogP contribution in [0.3, 0.4) is 0 Å². The van der Waals surface area contributed by atoms with E-state index in [4.69, 9.17) is 9.73 Å². The standard InChI is InChI=1S/C18H18FNO3S/c1-3-18(4-2)20-17(12-5-7-13(19)8-6-12)15-10-9-14(24(21)22)11-16(15)23-18/h5-11H,3-4H2,1-2H3,(H,21,22). The average Bonchev–Trinajstić information content (AvgIpc) is 2.60. The van der Waals surface area contributed by atoms with Crippen LogP contribution in [0.2, 0.25) is 0 Å². The normalized spacial score (nSPS) is 16.8. The third-order valence-electron chi connectivity index (χ3n) is 4.25. The van der Waals surface area contributed by atoms with Crippen molar-refractivity contribution >= 4 is 16.8 Å². The van der Waals surface area contributed by atoms with Gasteiger partial charge in [-0.15, -0.1) is 0 Å². The number of hydrogen-bond donors (Lipinski definition) is 1. The summed E-state index contributed by atoms with van der Waals surface area (Å²) in [5.41, 5.74) is 1.49. The fourth-order valence-electron chi connectivity index (χ4n) is 2.76. The Kier molecular flexibility index (Phi) is 4.51. The molecule has 1 heterocycles. The number of rotatable bonds is 4. The van der Waals surface area contributed by atoms with E-state index in [-0.39, 0.29) is 10.7 Å². The lowest BCUT2D eigenvalue weighted by Crippen LogP contribution is -2.37. The molecule has 24 heavy (non-hydrogen) atoms. The van der Waals surface area contributed by atoms with Crippen LogP contribution < -0.4 is 4.74 Å². The first-order valence-corrected chi connectivity index (χ1v) is 8.89. The zero-order chi connectivity index (χ0) is 17.3. The third-order valence-corrected chi connectivity index (χ3v) is 4.91. The number of hydrogen-bond acceptors (Lipinski definition) is 3. The molecule has 0 fully saturated rings. The number of aliphatic imine (C=N–C) groups is 1. The monoisotopic (exact) mass is 347 g/mol. The predicted octanol–water partition coefficient (Wildman–Crippen LogP) is 4.15. The molecule has 1 atom stereocenters. The van der Waals surface area contributed by atoms with Crippen molar-refractivity contribution in [2.24, 2.45) is 4.99 Å². The fourth-order valence-corrected chi connectivity index (χ4v) is 3.16. The van der Waals surface area contributed by atoms with E-state index in [0.717, 1.165) is 11.1 Å². The van der Waals surface area contributed by atoms with Crippen molar-refractivity contribution in [1.82, 2.24) is 0 Å². The molecule has 0 amide bonds. The largest absolute Gasteiger partial charge is 0.465 e. The minimum absolute atomic E-state index is 0.273. The molecule has 1 aliphatic heterocycles. The second-order valence-electron chi connectivity index (χ2n) is 5.63. The zero-order valence-corrected chi connectivity index (χ0v) is 14.3. The Hall–Kier alpha value is -2.05. The van der Waals surface area contributed by atoms with Gasteiger partial charge in [0.2, 0.25) is 0 Å². The van der Waals surface area contributed by atoms with Gasteiger partial charge in [0.1, 0.15) is 11.6 Å². The van der Waals surface area contributed by atoms with Crippen LogP contribution in [-0.4, -0.2) is 20.2 Å². The highest BCUT2D eigenvalue weighted by atomic mass is 32.2. The maximum absolute atomic E-state index is 13.2. The van der Waals surface area contributed by atoms with Gasteiger partial charge in [-0.3, -0.25) is 0 Å². The van der Waals surface area contributed by atoms with Gasteiger partial charge in [0, 0.05) is 24.0 Å². The lowest BCUT2D eigenvalue weighted by molar-refractivity contribution is 0.0656. The molecule has 0 aromatic heterocycles. The summed E-state index contributed by atoms with van der Waals surface area (Å²) in [6, 6.07) is 11.0. The van der Waals surface area contributed by atoms with Crippen molar-refractivity contribution in [3.63, 3.8) is 0 Å². The second kappa shape index (κ2) is 6.45. The molecule has 2 aromatic carbocycles. The number of fused-ring (bicyclic) bond motifs is 1. The molecular weight excluding hydrogens is 329 g/mol. The van der Waals surface area contributed by atoms with E-state index in [1.165, 1.54) is 12.1 Å². The van der Waals surface area contributed by atoms with Crippen molar-refractivity contribution in [1.29, 1.82) is 0 Å². The molecule has 0 bridgehead atoms. The van der Waals surface area contributed by atoms with Crippen molar-refractivity contribution < 1.29 is 17.9 Å². The highest BCUT2D eigenvalue weighted by Gasteiger charge is 2.34. The maximum atomic E-state index is 13.2. The van der Waals surface area contributed by atoms with Gasteiger partial charge in [-0.2, -0.15) is 0 Å². The van der Waals surface area contributed by atoms with Gasteiger partial charge in [0.25, 0.3) is 0 Å². The minimum Gasteiger partial charge on any atom is -0.465 e. The van der Waals surface area contributed by atoms with Crippen LogP contribution in [0.15, 0.2) is 52.4 Å². The van der Waals surface area contributed by atoms with Crippen LogP contribution in [0.5, 0.6) is 5.75 Å². The van der Waals surface area contributed by atoms with Gasteiger partial charge in [0.15, 0.2) is 16.8 Å². The first-order valence-electron chi connectivity index (χ1n) is 7.78. The Morgan fingerprint density at radius 1 is 1.17 bits per heavy atom. The molecule has 126 valence electrons. The zero-order valence-electron chi connectivity index (χ0n) is 13.5. The van der Waals surface area contributed by atoms with Crippen LogP contribution in [0.25, 0.3) is 0 Å². The van der Waals surface area contributed by atoms with Gasteiger partial charge in [-0.25, -0.2) is 13.6 Å². The molecule has 0 aliphatic carbocycles. The predicted molar refractivity (Wildman–Crippen MR) is 91.5 cm³/mol. The molecule has 3 rings (SSSR count). The molecule has 1 N–H and O–H groups in total. The summed E-state index contributed by atoms with van der Waals surface area (Å²) in [4.78, 5) is 5.07. The second-order valence-corrected chi connectivity index (χ2v) is 6.60. The number of nitrogens with zero attached hydrogens (tertiary/aromatic N) is 1. The molecule has 4 nitrogen and oxygen atoms in total. The van der Waals surface area contributed by atoms with Gasteiger partial charge in [-0.05, 0) is 42.5 Å². The summed E-state index contributed by atoms with van der Waals surface area (Å²) in [5.74, 6) is 0.211. The van der Waals surface area contributed by atoms with Gasteiger partial charge >= 0.3 is 0 Å². The Morgan fingerprint density at radius 2 is 1.83 bits per heavy atom. The number of halogens is 1. The van der Waals surface area contributed by atoms with E-state index in [2.05, 4.69) is 0 Å². The highest BCUT2D eigenvalue weighted by Crippen LogP contribution is 2.37. The van der Waals surface area contributed by atoms with Crippen molar-refractivity contribution in [3.8, 4) is 5.75 Å².